The van der Waals surface area contributed by atoms with Crippen LogP contribution in [0.2, 0.25) is 5.02 Å². The standard InChI is InChI=1S/C18H21ClN2O2/c1-10-5-8-14(16(22)20-10)21-9-12-11(17(21)23)6-7-13(15(12)19)18(2,3)4/h6-7,14H,1,5,8-9H2,2-4H3,(H,20,22)/t14-/m0/s1. The highest BCUT2D eigenvalue weighted by Gasteiger charge is 2.39. The maximum absolute atomic E-state index is 12.7. The van der Waals surface area contributed by atoms with Crippen molar-refractivity contribution in [2.24, 2.45) is 0 Å². The van der Waals surface area contributed by atoms with Crippen molar-refractivity contribution in [1.82, 2.24) is 10.2 Å². The Balaban J connectivity index is 1.95. The number of allylic oxidation sites excluding steroid dienone is 1. The number of carbonyl (C=O) groups excluding carboxylic acids is 2. The molecule has 1 atom stereocenters. The molecule has 0 unspecified atom stereocenters. The zero-order valence-corrected chi connectivity index (χ0v) is 14.5. The molecule has 0 saturated carbocycles. The summed E-state index contributed by atoms with van der Waals surface area (Å²) in [5.41, 5.74) is 3.08. The zero-order valence-electron chi connectivity index (χ0n) is 13.7. The van der Waals surface area contributed by atoms with E-state index in [4.69, 9.17) is 11.6 Å². The van der Waals surface area contributed by atoms with Crippen LogP contribution < -0.4 is 5.32 Å². The minimum Gasteiger partial charge on any atom is -0.329 e. The van der Waals surface area contributed by atoms with Gasteiger partial charge in [0, 0.05) is 23.4 Å². The molecule has 1 saturated heterocycles. The molecule has 1 N–H and O–H groups in total. The highest BCUT2D eigenvalue weighted by molar-refractivity contribution is 6.33. The summed E-state index contributed by atoms with van der Waals surface area (Å²) >= 11 is 6.57. The highest BCUT2D eigenvalue weighted by atomic mass is 35.5. The number of rotatable bonds is 1. The second-order valence-electron chi connectivity index (χ2n) is 7.28. The molecule has 2 heterocycles. The average molecular weight is 333 g/mol. The third-order valence-corrected chi connectivity index (χ3v) is 5.00. The second-order valence-corrected chi connectivity index (χ2v) is 7.66. The van der Waals surface area contributed by atoms with Gasteiger partial charge in [-0.25, -0.2) is 0 Å². The maximum Gasteiger partial charge on any atom is 0.255 e. The Morgan fingerprint density at radius 2 is 2.00 bits per heavy atom. The van der Waals surface area contributed by atoms with E-state index in [0.717, 1.165) is 11.1 Å². The molecule has 0 aliphatic carbocycles. The van der Waals surface area contributed by atoms with E-state index in [1.807, 2.05) is 12.1 Å². The van der Waals surface area contributed by atoms with Crippen LogP contribution in [0.1, 0.15) is 55.1 Å². The van der Waals surface area contributed by atoms with Crippen molar-refractivity contribution in [1.29, 1.82) is 0 Å². The molecule has 0 radical (unpaired) electrons. The lowest BCUT2D eigenvalue weighted by atomic mass is 9.85. The third-order valence-electron chi connectivity index (χ3n) is 4.57. The van der Waals surface area contributed by atoms with Crippen LogP contribution in [0.3, 0.4) is 0 Å². The van der Waals surface area contributed by atoms with E-state index < -0.39 is 6.04 Å². The molecule has 4 nitrogen and oxygen atoms in total. The van der Waals surface area contributed by atoms with Crippen LogP contribution in [-0.4, -0.2) is 22.8 Å². The van der Waals surface area contributed by atoms with E-state index in [9.17, 15) is 9.59 Å². The number of halogens is 1. The summed E-state index contributed by atoms with van der Waals surface area (Å²) in [5, 5.41) is 3.39. The Labute approximate surface area is 141 Å². The molecule has 1 aromatic rings. The number of fused-ring (bicyclic) bond motifs is 1. The Morgan fingerprint density at radius 1 is 1.30 bits per heavy atom. The summed E-state index contributed by atoms with van der Waals surface area (Å²) < 4.78 is 0. The van der Waals surface area contributed by atoms with Gasteiger partial charge in [0.25, 0.3) is 5.91 Å². The largest absolute Gasteiger partial charge is 0.329 e. The minimum absolute atomic E-state index is 0.0947. The summed E-state index contributed by atoms with van der Waals surface area (Å²) in [5.74, 6) is -0.274. The quantitative estimate of drug-likeness (QED) is 0.857. The second kappa shape index (κ2) is 5.38. The van der Waals surface area contributed by atoms with Crippen LogP contribution in [0.25, 0.3) is 0 Å². The van der Waals surface area contributed by atoms with Crippen LogP contribution in [0.5, 0.6) is 0 Å². The van der Waals surface area contributed by atoms with Crippen LogP contribution in [0.4, 0.5) is 0 Å². The number of hydrogen-bond acceptors (Lipinski definition) is 2. The average Bonchev–Trinajstić information content (AvgIpc) is 2.76. The van der Waals surface area contributed by atoms with Gasteiger partial charge < -0.3 is 10.2 Å². The molecular weight excluding hydrogens is 312 g/mol. The van der Waals surface area contributed by atoms with Gasteiger partial charge in [0.1, 0.15) is 6.04 Å². The molecule has 122 valence electrons. The van der Waals surface area contributed by atoms with E-state index in [1.165, 1.54) is 0 Å². The fraction of sp³-hybridized carbons (Fsp3) is 0.444. The van der Waals surface area contributed by atoms with Crippen LogP contribution >= 0.6 is 11.6 Å². The minimum atomic E-state index is -0.449. The van der Waals surface area contributed by atoms with Gasteiger partial charge >= 0.3 is 0 Å². The molecular formula is C18H21ClN2O2. The lowest BCUT2D eigenvalue weighted by molar-refractivity contribution is -0.126. The molecule has 0 bridgehead atoms. The SMILES string of the molecule is C=C1CC[C@H](N2Cc3c(ccc(C(C)(C)C)c3Cl)C2=O)C(=O)N1. The number of hydrogen-bond donors (Lipinski definition) is 1. The summed E-state index contributed by atoms with van der Waals surface area (Å²) in [7, 11) is 0. The van der Waals surface area contributed by atoms with Crippen molar-refractivity contribution in [2.45, 2.75) is 51.6 Å². The van der Waals surface area contributed by atoms with Gasteiger partial charge in [0.2, 0.25) is 5.91 Å². The predicted molar refractivity (Wildman–Crippen MR) is 90.3 cm³/mol. The first-order valence-corrected chi connectivity index (χ1v) is 8.19. The fourth-order valence-electron chi connectivity index (χ4n) is 3.26. The molecule has 1 aromatic carbocycles. The number of amides is 2. The van der Waals surface area contributed by atoms with Gasteiger partial charge in [0.05, 0.1) is 5.02 Å². The molecule has 0 aromatic heterocycles. The molecule has 3 rings (SSSR count). The predicted octanol–water partition coefficient (Wildman–Crippen LogP) is 3.39. The summed E-state index contributed by atoms with van der Waals surface area (Å²) in [6.45, 7) is 10.4. The number of nitrogens with zero attached hydrogens (tertiary/aromatic N) is 1. The summed E-state index contributed by atoms with van der Waals surface area (Å²) in [6.07, 6.45) is 1.30. The normalized spacial score (nSPS) is 21.5. The number of piperidine rings is 1. The van der Waals surface area contributed by atoms with Crippen molar-refractivity contribution in [3.63, 3.8) is 0 Å². The van der Waals surface area contributed by atoms with Gasteiger partial charge in [-0.15, -0.1) is 0 Å². The van der Waals surface area contributed by atoms with Gasteiger partial charge in [-0.3, -0.25) is 9.59 Å². The Kier molecular flexibility index (Phi) is 3.75. The zero-order chi connectivity index (χ0) is 16.9. The molecule has 1 fully saturated rings. The number of nitrogens with one attached hydrogen (secondary N) is 1. The molecule has 2 aliphatic heterocycles. The van der Waals surface area contributed by atoms with Crippen LogP contribution in [0.15, 0.2) is 24.4 Å². The van der Waals surface area contributed by atoms with E-state index in [0.29, 0.717) is 35.7 Å². The molecule has 23 heavy (non-hydrogen) atoms. The summed E-state index contributed by atoms with van der Waals surface area (Å²) in [6, 6.07) is 3.31. The van der Waals surface area contributed by atoms with Crippen molar-refractivity contribution in [3.05, 3.63) is 46.1 Å². The monoisotopic (exact) mass is 332 g/mol. The number of benzene rings is 1. The van der Waals surface area contributed by atoms with Gasteiger partial charge in [-0.05, 0) is 29.9 Å². The van der Waals surface area contributed by atoms with E-state index in [2.05, 4.69) is 32.7 Å². The van der Waals surface area contributed by atoms with Crippen molar-refractivity contribution < 1.29 is 9.59 Å². The van der Waals surface area contributed by atoms with E-state index in [-0.39, 0.29) is 17.2 Å². The fourth-order valence-corrected chi connectivity index (χ4v) is 3.77. The topological polar surface area (TPSA) is 49.4 Å². The Bertz CT molecular complexity index is 718. The molecule has 2 aliphatic rings. The molecule has 5 heteroatoms. The summed E-state index contributed by atoms with van der Waals surface area (Å²) in [4.78, 5) is 26.5. The molecule has 2 amide bonds. The van der Waals surface area contributed by atoms with Gasteiger partial charge in [-0.2, -0.15) is 0 Å². The van der Waals surface area contributed by atoms with Crippen LogP contribution in [0, 0.1) is 0 Å². The van der Waals surface area contributed by atoms with Crippen LogP contribution in [-0.2, 0) is 16.8 Å². The maximum atomic E-state index is 12.7. The Hall–Kier alpha value is -1.81. The molecule has 0 spiro atoms. The first kappa shape index (κ1) is 16.1. The van der Waals surface area contributed by atoms with E-state index in [1.54, 1.807) is 4.90 Å². The highest BCUT2D eigenvalue weighted by Crippen LogP contribution is 2.38. The van der Waals surface area contributed by atoms with E-state index >= 15 is 0 Å². The van der Waals surface area contributed by atoms with Gasteiger partial charge in [-0.1, -0.05) is 45.0 Å². The van der Waals surface area contributed by atoms with Gasteiger partial charge in [0.15, 0.2) is 0 Å². The Morgan fingerprint density at radius 3 is 2.61 bits per heavy atom. The van der Waals surface area contributed by atoms with Crippen molar-refractivity contribution in [2.75, 3.05) is 0 Å². The number of carbonyl (C=O) groups is 2. The van der Waals surface area contributed by atoms with Crippen molar-refractivity contribution >= 4 is 23.4 Å². The first-order chi connectivity index (χ1) is 10.7. The lowest BCUT2D eigenvalue weighted by Gasteiger charge is -2.31. The smallest absolute Gasteiger partial charge is 0.255 e. The third kappa shape index (κ3) is 2.65. The first-order valence-electron chi connectivity index (χ1n) is 7.81. The van der Waals surface area contributed by atoms with Crippen molar-refractivity contribution in [3.8, 4) is 0 Å². The lowest BCUT2D eigenvalue weighted by Crippen LogP contribution is -2.49.